The summed E-state index contributed by atoms with van der Waals surface area (Å²) in [4.78, 5) is 14.9. The first-order valence-corrected chi connectivity index (χ1v) is 3.93. The molecule has 2 rings (SSSR count). The molecule has 14 heavy (non-hydrogen) atoms. The van der Waals surface area contributed by atoms with Gasteiger partial charge in [-0.3, -0.25) is 4.79 Å². The number of rotatable bonds is 1. The van der Waals surface area contributed by atoms with Crippen LogP contribution in [0.5, 0.6) is 0 Å². The summed E-state index contributed by atoms with van der Waals surface area (Å²) in [6, 6.07) is 11.1. The van der Waals surface area contributed by atoms with E-state index in [0.29, 0.717) is 5.69 Å². The molecule has 0 unspecified atom stereocenters. The lowest BCUT2D eigenvalue weighted by Gasteiger charge is -1.97. The Balaban J connectivity index is 0.000000980. The van der Waals surface area contributed by atoms with Crippen molar-refractivity contribution in [2.45, 2.75) is 0 Å². The van der Waals surface area contributed by atoms with Gasteiger partial charge in [0.1, 0.15) is 5.69 Å². The van der Waals surface area contributed by atoms with Crippen molar-refractivity contribution in [1.82, 2.24) is 11.1 Å². The van der Waals surface area contributed by atoms with Gasteiger partial charge in [-0.1, -0.05) is 24.3 Å². The standard InChI is InChI=1S/C10H8N2O.H3N/c11-10(13)9-6-5-7-3-1-2-4-8(7)12-9;/h1-6H,(H2,11,13);1H3. The quantitative estimate of drug-likeness (QED) is 0.712. The van der Waals surface area contributed by atoms with E-state index in [4.69, 9.17) is 5.73 Å². The highest BCUT2D eigenvalue weighted by atomic mass is 16.1. The van der Waals surface area contributed by atoms with Crippen LogP contribution >= 0.6 is 0 Å². The zero-order chi connectivity index (χ0) is 9.26. The van der Waals surface area contributed by atoms with E-state index in [1.54, 1.807) is 6.07 Å². The summed E-state index contributed by atoms with van der Waals surface area (Å²) in [5.74, 6) is -0.495. The molecular weight excluding hydrogens is 178 g/mol. The largest absolute Gasteiger partial charge is 0.364 e. The van der Waals surface area contributed by atoms with Gasteiger partial charge in [-0.15, -0.1) is 0 Å². The molecule has 0 saturated heterocycles. The van der Waals surface area contributed by atoms with Crippen molar-refractivity contribution in [2.75, 3.05) is 0 Å². The van der Waals surface area contributed by atoms with Crippen LogP contribution in [0.2, 0.25) is 0 Å². The van der Waals surface area contributed by atoms with Crippen LogP contribution < -0.4 is 11.9 Å². The van der Waals surface area contributed by atoms with Gasteiger partial charge in [0.25, 0.3) is 5.91 Å². The first-order valence-electron chi connectivity index (χ1n) is 3.93. The number of fused-ring (bicyclic) bond motifs is 1. The van der Waals surface area contributed by atoms with Crippen molar-refractivity contribution in [1.29, 1.82) is 0 Å². The van der Waals surface area contributed by atoms with Gasteiger partial charge in [-0.05, 0) is 12.1 Å². The Morgan fingerprint density at radius 2 is 1.86 bits per heavy atom. The Labute approximate surface area is 81.3 Å². The maximum atomic E-state index is 10.8. The minimum atomic E-state index is -0.495. The van der Waals surface area contributed by atoms with E-state index in [9.17, 15) is 4.79 Å². The normalized spacial score (nSPS) is 9.43. The molecular formula is C10H11N3O. The number of para-hydroxylation sites is 1. The molecule has 0 bridgehead atoms. The fourth-order valence-electron chi connectivity index (χ4n) is 1.20. The van der Waals surface area contributed by atoms with E-state index >= 15 is 0 Å². The number of carbonyl (C=O) groups excluding carboxylic acids is 1. The molecule has 0 atom stereocenters. The lowest BCUT2D eigenvalue weighted by atomic mass is 10.2. The van der Waals surface area contributed by atoms with Gasteiger partial charge in [-0.2, -0.15) is 0 Å². The van der Waals surface area contributed by atoms with Crippen LogP contribution in [0.1, 0.15) is 10.5 Å². The lowest BCUT2D eigenvalue weighted by Crippen LogP contribution is -2.12. The maximum absolute atomic E-state index is 10.8. The average Bonchev–Trinajstić information content (AvgIpc) is 2.17. The summed E-state index contributed by atoms with van der Waals surface area (Å²) in [5, 5.41) is 1.01. The smallest absolute Gasteiger partial charge is 0.267 e. The summed E-state index contributed by atoms with van der Waals surface area (Å²) < 4.78 is 0. The first-order chi connectivity index (χ1) is 6.27. The molecule has 4 nitrogen and oxygen atoms in total. The molecule has 1 heterocycles. The van der Waals surface area contributed by atoms with E-state index in [1.807, 2.05) is 30.3 Å². The van der Waals surface area contributed by atoms with Crippen LogP contribution in [0.15, 0.2) is 36.4 Å². The minimum absolute atomic E-state index is 0. The zero-order valence-corrected chi connectivity index (χ0v) is 7.60. The van der Waals surface area contributed by atoms with Crippen LogP contribution in [0, 0.1) is 0 Å². The number of amides is 1. The van der Waals surface area contributed by atoms with Crippen molar-refractivity contribution >= 4 is 16.8 Å². The van der Waals surface area contributed by atoms with Gasteiger partial charge in [0.05, 0.1) is 5.52 Å². The lowest BCUT2D eigenvalue weighted by molar-refractivity contribution is 0.0996. The molecule has 1 aromatic heterocycles. The van der Waals surface area contributed by atoms with E-state index in [1.165, 1.54) is 0 Å². The number of aromatic nitrogens is 1. The average molecular weight is 189 g/mol. The number of carbonyl (C=O) groups is 1. The van der Waals surface area contributed by atoms with Crippen molar-refractivity contribution < 1.29 is 4.79 Å². The van der Waals surface area contributed by atoms with Gasteiger partial charge in [-0.25, -0.2) is 4.98 Å². The molecule has 1 aromatic carbocycles. The Hall–Kier alpha value is -1.94. The summed E-state index contributed by atoms with van der Waals surface area (Å²) in [6.45, 7) is 0. The second-order valence-corrected chi connectivity index (χ2v) is 2.75. The predicted octanol–water partition coefficient (Wildman–Crippen LogP) is 1.50. The van der Waals surface area contributed by atoms with Gasteiger partial charge >= 0.3 is 0 Å². The number of pyridine rings is 1. The third-order valence-electron chi connectivity index (χ3n) is 1.85. The zero-order valence-electron chi connectivity index (χ0n) is 7.60. The molecule has 0 aliphatic rings. The molecule has 0 aliphatic heterocycles. The minimum Gasteiger partial charge on any atom is -0.364 e. The van der Waals surface area contributed by atoms with Gasteiger partial charge < -0.3 is 11.9 Å². The second kappa shape index (κ2) is 3.85. The van der Waals surface area contributed by atoms with Gasteiger partial charge in [0, 0.05) is 5.39 Å². The molecule has 4 heteroatoms. The topological polar surface area (TPSA) is 91.0 Å². The molecule has 0 saturated carbocycles. The monoisotopic (exact) mass is 189 g/mol. The third kappa shape index (κ3) is 1.70. The number of nitrogens with two attached hydrogens (primary N) is 1. The van der Waals surface area contributed by atoms with Crippen molar-refractivity contribution in [3.63, 3.8) is 0 Å². The van der Waals surface area contributed by atoms with Crippen LogP contribution in [0.3, 0.4) is 0 Å². The summed E-state index contributed by atoms with van der Waals surface area (Å²) in [6.07, 6.45) is 0. The second-order valence-electron chi connectivity index (χ2n) is 2.75. The summed E-state index contributed by atoms with van der Waals surface area (Å²) in [7, 11) is 0. The van der Waals surface area contributed by atoms with Crippen molar-refractivity contribution in [2.24, 2.45) is 5.73 Å². The Bertz CT molecular complexity index is 468. The van der Waals surface area contributed by atoms with Crippen molar-refractivity contribution in [3.8, 4) is 0 Å². The van der Waals surface area contributed by atoms with E-state index in [0.717, 1.165) is 10.9 Å². The van der Waals surface area contributed by atoms with Gasteiger partial charge in [0.15, 0.2) is 0 Å². The van der Waals surface area contributed by atoms with Crippen molar-refractivity contribution in [3.05, 3.63) is 42.1 Å². The molecule has 0 radical (unpaired) electrons. The number of nitrogens with zero attached hydrogens (tertiary/aromatic N) is 1. The first kappa shape index (κ1) is 10.1. The molecule has 0 spiro atoms. The predicted molar refractivity (Wildman–Crippen MR) is 55.3 cm³/mol. The van der Waals surface area contributed by atoms with E-state index in [-0.39, 0.29) is 6.15 Å². The molecule has 0 fully saturated rings. The Morgan fingerprint density at radius 1 is 1.14 bits per heavy atom. The highest BCUT2D eigenvalue weighted by Gasteiger charge is 2.01. The van der Waals surface area contributed by atoms with E-state index in [2.05, 4.69) is 4.98 Å². The number of hydrogen-bond acceptors (Lipinski definition) is 3. The van der Waals surface area contributed by atoms with Crippen LogP contribution in [0.4, 0.5) is 0 Å². The van der Waals surface area contributed by atoms with Crippen LogP contribution in [-0.4, -0.2) is 10.9 Å². The number of primary amides is 1. The molecule has 5 N–H and O–H groups in total. The van der Waals surface area contributed by atoms with E-state index < -0.39 is 5.91 Å². The molecule has 1 amide bonds. The van der Waals surface area contributed by atoms with Crippen LogP contribution in [0.25, 0.3) is 10.9 Å². The van der Waals surface area contributed by atoms with Gasteiger partial charge in [0.2, 0.25) is 0 Å². The molecule has 72 valence electrons. The molecule has 2 aromatic rings. The Kier molecular flexibility index (Phi) is 2.79. The third-order valence-corrected chi connectivity index (χ3v) is 1.85. The fourth-order valence-corrected chi connectivity index (χ4v) is 1.20. The number of benzene rings is 1. The maximum Gasteiger partial charge on any atom is 0.267 e. The number of hydrogen-bond donors (Lipinski definition) is 2. The highest BCUT2D eigenvalue weighted by molar-refractivity contribution is 5.93. The molecule has 0 aliphatic carbocycles. The summed E-state index contributed by atoms with van der Waals surface area (Å²) >= 11 is 0. The summed E-state index contributed by atoms with van der Waals surface area (Å²) in [5.41, 5.74) is 6.20. The van der Waals surface area contributed by atoms with Crippen LogP contribution in [-0.2, 0) is 0 Å². The highest BCUT2D eigenvalue weighted by Crippen LogP contribution is 2.10. The Morgan fingerprint density at radius 3 is 2.57 bits per heavy atom. The SMILES string of the molecule is N.NC(=O)c1ccc2ccccc2n1. The fraction of sp³-hybridized carbons (Fsp3) is 0.